The Balaban J connectivity index is 1.52. The molecule has 2 heteroatoms. The first kappa shape index (κ1) is 22.0. The van der Waals surface area contributed by atoms with E-state index in [4.69, 9.17) is 0 Å². The Labute approximate surface area is 175 Å². The van der Waals surface area contributed by atoms with Gasteiger partial charge in [-0.05, 0) is 66.7 Å². The molecule has 29 heavy (non-hydrogen) atoms. The molecule has 3 rings (SSSR count). The molecule has 0 radical (unpaired) electrons. The second-order valence-electron chi connectivity index (χ2n) is 9.13. The number of hydrogen-bond acceptors (Lipinski definition) is 0. The van der Waals surface area contributed by atoms with Crippen LogP contribution in [0.4, 0.5) is 8.78 Å². The van der Waals surface area contributed by atoms with Gasteiger partial charge in [-0.15, -0.1) is 0 Å². The van der Waals surface area contributed by atoms with Crippen LogP contribution in [0.1, 0.15) is 88.7 Å². The molecule has 0 heterocycles. The van der Waals surface area contributed by atoms with E-state index in [9.17, 15) is 8.78 Å². The van der Waals surface area contributed by atoms with E-state index in [-0.39, 0.29) is 6.42 Å². The molecule has 0 aromatic heterocycles. The topological polar surface area (TPSA) is 0 Å². The van der Waals surface area contributed by atoms with Gasteiger partial charge in [0.2, 0.25) is 5.92 Å². The molecule has 0 N–H and O–H groups in total. The minimum Gasteiger partial charge on any atom is -0.207 e. The third-order valence-electron chi connectivity index (χ3n) is 6.50. The number of halogens is 2. The molecule has 1 fully saturated rings. The zero-order valence-electron chi connectivity index (χ0n) is 18.1. The molecule has 158 valence electrons. The third-order valence-corrected chi connectivity index (χ3v) is 6.50. The van der Waals surface area contributed by atoms with Gasteiger partial charge in [-0.1, -0.05) is 87.6 Å². The van der Waals surface area contributed by atoms with E-state index >= 15 is 0 Å². The van der Waals surface area contributed by atoms with Gasteiger partial charge < -0.3 is 0 Å². The smallest absolute Gasteiger partial charge is 0.207 e. The molecule has 1 aliphatic carbocycles. The normalized spacial score (nSPS) is 20.0. The average molecular weight is 399 g/mol. The Morgan fingerprint density at radius 3 is 1.93 bits per heavy atom. The molecule has 0 saturated heterocycles. The predicted molar refractivity (Wildman–Crippen MR) is 120 cm³/mol. The lowest BCUT2D eigenvalue weighted by atomic mass is 9.77. The summed E-state index contributed by atoms with van der Waals surface area (Å²) in [6.45, 7) is 3.25. The van der Waals surface area contributed by atoms with Crippen molar-refractivity contribution in [3.05, 3.63) is 59.7 Å². The Hall–Kier alpha value is -1.70. The minimum absolute atomic E-state index is 0.201. The van der Waals surface area contributed by atoms with Gasteiger partial charge in [0.15, 0.2) is 0 Å². The standard InChI is InChI=1S/C27H36F2/c1-3-4-5-6-7-21-8-12-23(13-9-21)25-16-18-26(19-17-25)24-14-10-22(11-15-24)20-27(2,28)29/h10-11,14-19,21,23H,3-9,12-13,20H2,1-2H3/t21-,23-. The Morgan fingerprint density at radius 1 is 0.793 bits per heavy atom. The summed E-state index contributed by atoms with van der Waals surface area (Å²) in [6, 6.07) is 16.5. The summed E-state index contributed by atoms with van der Waals surface area (Å²) in [5.41, 5.74) is 4.40. The van der Waals surface area contributed by atoms with Crippen LogP contribution in [-0.2, 0) is 6.42 Å². The van der Waals surface area contributed by atoms with Crippen molar-refractivity contribution < 1.29 is 8.78 Å². The van der Waals surface area contributed by atoms with Crippen LogP contribution in [0.15, 0.2) is 48.5 Å². The van der Waals surface area contributed by atoms with Gasteiger partial charge in [-0.3, -0.25) is 0 Å². The van der Waals surface area contributed by atoms with Crippen molar-refractivity contribution >= 4 is 0 Å². The van der Waals surface area contributed by atoms with Crippen LogP contribution in [-0.4, -0.2) is 5.92 Å². The molecule has 0 spiro atoms. The molecule has 2 aromatic carbocycles. The van der Waals surface area contributed by atoms with Gasteiger partial charge in [-0.2, -0.15) is 0 Å². The van der Waals surface area contributed by atoms with Crippen molar-refractivity contribution in [2.75, 3.05) is 0 Å². The fourth-order valence-electron chi connectivity index (χ4n) is 4.77. The maximum Gasteiger partial charge on any atom is 0.249 e. The first-order valence-electron chi connectivity index (χ1n) is 11.5. The lowest BCUT2D eigenvalue weighted by molar-refractivity contribution is 0.0226. The predicted octanol–water partition coefficient (Wildman–Crippen LogP) is 8.80. The highest BCUT2D eigenvalue weighted by Crippen LogP contribution is 2.38. The second kappa shape index (κ2) is 10.4. The Morgan fingerprint density at radius 2 is 1.38 bits per heavy atom. The van der Waals surface area contributed by atoms with E-state index in [2.05, 4.69) is 31.2 Å². The molecule has 1 aliphatic rings. The van der Waals surface area contributed by atoms with Crippen LogP contribution in [0.3, 0.4) is 0 Å². The molecule has 0 amide bonds. The lowest BCUT2D eigenvalue weighted by Crippen LogP contribution is -2.13. The van der Waals surface area contributed by atoms with Gasteiger partial charge in [0, 0.05) is 6.42 Å². The van der Waals surface area contributed by atoms with Crippen LogP contribution in [0.2, 0.25) is 0 Å². The van der Waals surface area contributed by atoms with Gasteiger partial charge in [0.05, 0.1) is 0 Å². The van der Waals surface area contributed by atoms with Crippen LogP contribution in [0.25, 0.3) is 11.1 Å². The molecule has 0 nitrogen and oxygen atoms in total. The maximum atomic E-state index is 13.2. The summed E-state index contributed by atoms with van der Waals surface area (Å²) >= 11 is 0. The summed E-state index contributed by atoms with van der Waals surface area (Å²) in [7, 11) is 0. The molecular formula is C27H36F2. The highest BCUT2D eigenvalue weighted by molar-refractivity contribution is 5.64. The first-order chi connectivity index (χ1) is 13.9. The zero-order valence-corrected chi connectivity index (χ0v) is 18.1. The molecule has 1 saturated carbocycles. The largest absolute Gasteiger partial charge is 0.249 e. The lowest BCUT2D eigenvalue weighted by Gasteiger charge is -2.29. The van der Waals surface area contributed by atoms with E-state index in [1.165, 1.54) is 63.4 Å². The van der Waals surface area contributed by atoms with E-state index in [1.807, 2.05) is 24.3 Å². The number of alkyl halides is 2. The fourth-order valence-corrected chi connectivity index (χ4v) is 4.77. The van der Waals surface area contributed by atoms with Crippen molar-refractivity contribution in [2.24, 2.45) is 5.92 Å². The molecular weight excluding hydrogens is 362 g/mol. The van der Waals surface area contributed by atoms with E-state index in [1.54, 1.807) is 0 Å². The summed E-state index contributed by atoms with van der Waals surface area (Å²) in [5, 5.41) is 0. The van der Waals surface area contributed by atoms with Crippen molar-refractivity contribution in [3.63, 3.8) is 0 Å². The van der Waals surface area contributed by atoms with Crippen molar-refractivity contribution in [1.82, 2.24) is 0 Å². The molecule has 2 aromatic rings. The highest BCUT2D eigenvalue weighted by Gasteiger charge is 2.22. The molecule has 0 unspecified atom stereocenters. The van der Waals surface area contributed by atoms with E-state index < -0.39 is 5.92 Å². The van der Waals surface area contributed by atoms with Crippen molar-refractivity contribution in [2.45, 2.75) is 89.9 Å². The number of benzene rings is 2. The van der Waals surface area contributed by atoms with Crippen LogP contribution in [0.5, 0.6) is 0 Å². The third kappa shape index (κ3) is 6.94. The second-order valence-corrected chi connectivity index (χ2v) is 9.13. The average Bonchev–Trinajstić information content (AvgIpc) is 2.71. The maximum absolute atomic E-state index is 13.2. The first-order valence-corrected chi connectivity index (χ1v) is 11.5. The van der Waals surface area contributed by atoms with E-state index in [0.717, 1.165) is 24.0 Å². The molecule has 0 bridgehead atoms. The summed E-state index contributed by atoms with van der Waals surface area (Å²) in [6.07, 6.45) is 12.1. The Kier molecular flexibility index (Phi) is 7.86. The van der Waals surface area contributed by atoms with Gasteiger partial charge in [-0.25, -0.2) is 8.78 Å². The Bertz CT molecular complexity index is 717. The van der Waals surface area contributed by atoms with Gasteiger partial charge >= 0.3 is 0 Å². The van der Waals surface area contributed by atoms with Gasteiger partial charge in [0.1, 0.15) is 0 Å². The minimum atomic E-state index is -2.66. The number of rotatable bonds is 9. The number of hydrogen-bond donors (Lipinski definition) is 0. The molecule has 0 atom stereocenters. The van der Waals surface area contributed by atoms with Crippen LogP contribution in [0, 0.1) is 5.92 Å². The summed E-state index contributed by atoms with van der Waals surface area (Å²) < 4.78 is 26.3. The number of unbranched alkanes of at least 4 members (excludes halogenated alkanes) is 3. The van der Waals surface area contributed by atoms with Crippen molar-refractivity contribution in [1.29, 1.82) is 0 Å². The quantitative estimate of drug-likeness (QED) is 0.370. The van der Waals surface area contributed by atoms with Crippen LogP contribution >= 0.6 is 0 Å². The SMILES string of the molecule is CCCCCC[C@H]1CC[C@H](c2ccc(-c3ccc(CC(C)(F)F)cc3)cc2)CC1. The summed E-state index contributed by atoms with van der Waals surface area (Å²) in [4.78, 5) is 0. The highest BCUT2D eigenvalue weighted by atomic mass is 19.3. The van der Waals surface area contributed by atoms with Crippen LogP contribution < -0.4 is 0 Å². The fraction of sp³-hybridized carbons (Fsp3) is 0.556. The van der Waals surface area contributed by atoms with Crippen molar-refractivity contribution in [3.8, 4) is 11.1 Å². The zero-order chi connectivity index (χ0) is 20.7. The monoisotopic (exact) mass is 398 g/mol. The molecule has 0 aliphatic heterocycles. The van der Waals surface area contributed by atoms with E-state index in [0.29, 0.717) is 11.5 Å². The summed E-state index contributed by atoms with van der Waals surface area (Å²) in [5.74, 6) is -1.01. The van der Waals surface area contributed by atoms with Gasteiger partial charge in [0.25, 0.3) is 0 Å².